The van der Waals surface area contributed by atoms with Gasteiger partial charge in [-0.25, -0.2) is 0 Å². The van der Waals surface area contributed by atoms with Gasteiger partial charge in [-0.15, -0.1) is 0 Å². The third-order valence-electron chi connectivity index (χ3n) is 4.98. The van der Waals surface area contributed by atoms with E-state index in [1.807, 2.05) is 44.2 Å². The van der Waals surface area contributed by atoms with Gasteiger partial charge in [-0.1, -0.05) is 30.3 Å². The van der Waals surface area contributed by atoms with Gasteiger partial charge < -0.3 is 19.7 Å². The van der Waals surface area contributed by atoms with Crippen LogP contribution in [-0.4, -0.2) is 36.0 Å². The number of carbonyl (C=O) groups excluding carboxylic acids is 2. The maximum atomic E-state index is 13.3. The molecule has 0 fully saturated rings. The second-order valence-electron chi connectivity index (χ2n) is 7.95. The molecule has 1 heterocycles. The van der Waals surface area contributed by atoms with Gasteiger partial charge in [0.25, 0.3) is 0 Å². The molecule has 0 aromatic heterocycles. The minimum Gasteiger partial charge on any atom is -0.486 e. The standard InChI is InChI=1S/C23H28N2O4/c1-16(2)25(15-17-8-6-5-7-9-17)22(27)23(3,4)21(26)24-18-10-11-19-20(14-18)29-13-12-28-19/h5-11,14,16H,12-13,15H2,1-4H3,(H,24,26). The van der Waals surface area contributed by atoms with E-state index in [0.29, 0.717) is 36.9 Å². The van der Waals surface area contributed by atoms with Crippen LogP contribution in [0.3, 0.4) is 0 Å². The van der Waals surface area contributed by atoms with Crippen LogP contribution in [0.1, 0.15) is 33.3 Å². The molecule has 0 aliphatic carbocycles. The number of benzene rings is 2. The average molecular weight is 396 g/mol. The summed E-state index contributed by atoms with van der Waals surface area (Å²) in [5.41, 5.74) is 0.364. The van der Waals surface area contributed by atoms with Crippen molar-refractivity contribution in [3.8, 4) is 11.5 Å². The molecule has 6 heteroatoms. The first-order valence-corrected chi connectivity index (χ1v) is 9.85. The number of hydrogen-bond donors (Lipinski definition) is 1. The van der Waals surface area contributed by atoms with E-state index in [2.05, 4.69) is 5.32 Å². The van der Waals surface area contributed by atoms with Crippen molar-refractivity contribution >= 4 is 17.5 Å². The summed E-state index contributed by atoms with van der Waals surface area (Å²) in [6, 6.07) is 15.0. The van der Waals surface area contributed by atoms with Crippen molar-refractivity contribution in [2.75, 3.05) is 18.5 Å². The molecule has 154 valence electrons. The SMILES string of the molecule is CC(C)N(Cc1ccccc1)C(=O)C(C)(C)C(=O)Nc1ccc2c(c1)OCCO2. The highest BCUT2D eigenvalue weighted by molar-refractivity contribution is 6.10. The summed E-state index contributed by atoms with van der Waals surface area (Å²) in [5, 5.41) is 2.85. The smallest absolute Gasteiger partial charge is 0.239 e. The Kier molecular flexibility index (Phi) is 6.11. The zero-order valence-corrected chi connectivity index (χ0v) is 17.4. The molecule has 1 aliphatic rings. The Labute approximate surface area is 171 Å². The maximum Gasteiger partial charge on any atom is 0.239 e. The number of anilines is 1. The molecule has 1 aliphatic heterocycles. The van der Waals surface area contributed by atoms with E-state index < -0.39 is 5.41 Å². The molecular formula is C23H28N2O4. The van der Waals surface area contributed by atoms with Gasteiger partial charge >= 0.3 is 0 Å². The van der Waals surface area contributed by atoms with E-state index in [9.17, 15) is 9.59 Å². The molecule has 0 radical (unpaired) electrons. The van der Waals surface area contributed by atoms with E-state index in [-0.39, 0.29) is 17.9 Å². The normalized spacial score (nSPS) is 13.1. The molecule has 0 bridgehead atoms. The van der Waals surface area contributed by atoms with Crippen molar-refractivity contribution in [2.24, 2.45) is 5.41 Å². The topological polar surface area (TPSA) is 67.9 Å². The van der Waals surface area contributed by atoms with Crippen LogP contribution in [0.2, 0.25) is 0 Å². The summed E-state index contributed by atoms with van der Waals surface area (Å²) in [7, 11) is 0. The van der Waals surface area contributed by atoms with Crippen LogP contribution in [0.25, 0.3) is 0 Å². The number of ether oxygens (including phenoxy) is 2. The van der Waals surface area contributed by atoms with Gasteiger partial charge in [-0.05, 0) is 45.4 Å². The summed E-state index contributed by atoms with van der Waals surface area (Å²) in [5.74, 6) is 0.661. The Morgan fingerprint density at radius 1 is 1.03 bits per heavy atom. The van der Waals surface area contributed by atoms with Crippen LogP contribution >= 0.6 is 0 Å². The van der Waals surface area contributed by atoms with Gasteiger partial charge in [0.1, 0.15) is 18.6 Å². The van der Waals surface area contributed by atoms with Crippen molar-refractivity contribution in [1.82, 2.24) is 4.90 Å². The Balaban J connectivity index is 1.75. The number of rotatable bonds is 6. The Morgan fingerprint density at radius 2 is 1.69 bits per heavy atom. The Hall–Kier alpha value is -3.02. The fraction of sp³-hybridized carbons (Fsp3) is 0.391. The minimum atomic E-state index is -1.23. The fourth-order valence-corrected chi connectivity index (χ4v) is 3.13. The van der Waals surface area contributed by atoms with Gasteiger partial charge in [0, 0.05) is 24.3 Å². The third kappa shape index (κ3) is 4.70. The lowest BCUT2D eigenvalue weighted by Gasteiger charge is -2.34. The van der Waals surface area contributed by atoms with Crippen LogP contribution in [0.5, 0.6) is 11.5 Å². The second-order valence-corrected chi connectivity index (χ2v) is 7.95. The molecule has 0 saturated carbocycles. The molecule has 1 N–H and O–H groups in total. The summed E-state index contributed by atoms with van der Waals surface area (Å²) in [6.07, 6.45) is 0. The van der Waals surface area contributed by atoms with E-state index in [1.54, 1.807) is 36.9 Å². The van der Waals surface area contributed by atoms with Crippen molar-refractivity contribution in [1.29, 1.82) is 0 Å². The predicted molar refractivity (Wildman–Crippen MR) is 112 cm³/mol. The van der Waals surface area contributed by atoms with Gasteiger partial charge in [0.05, 0.1) is 0 Å². The zero-order chi connectivity index (χ0) is 21.0. The van der Waals surface area contributed by atoms with Gasteiger partial charge in [-0.2, -0.15) is 0 Å². The van der Waals surface area contributed by atoms with Crippen LogP contribution in [0.4, 0.5) is 5.69 Å². The van der Waals surface area contributed by atoms with Gasteiger partial charge in [-0.3, -0.25) is 9.59 Å². The van der Waals surface area contributed by atoms with Crippen LogP contribution in [0.15, 0.2) is 48.5 Å². The molecule has 2 aromatic carbocycles. The number of carbonyl (C=O) groups is 2. The molecule has 2 amide bonds. The highest BCUT2D eigenvalue weighted by Gasteiger charge is 2.40. The molecule has 6 nitrogen and oxygen atoms in total. The lowest BCUT2D eigenvalue weighted by molar-refractivity contribution is -0.148. The van der Waals surface area contributed by atoms with Crippen molar-refractivity contribution in [3.05, 3.63) is 54.1 Å². The Morgan fingerprint density at radius 3 is 2.34 bits per heavy atom. The molecule has 2 aromatic rings. The molecule has 0 saturated heterocycles. The zero-order valence-electron chi connectivity index (χ0n) is 17.4. The summed E-state index contributed by atoms with van der Waals surface area (Å²) >= 11 is 0. The minimum absolute atomic E-state index is 0.0379. The van der Waals surface area contributed by atoms with Crippen LogP contribution in [0, 0.1) is 5.41 Å². The highest BCUT2D eigenvalue weighted by atomic mass is 16.6. The number of fused-ring (bicyclic) bond motifs is 1. The van der Waals surface area contributed by atoms with Crippen molar-refractivity contribution in [3.63, 3.8) is 0 Å². The first-order valence-electron chi connectivity index (χ1n) is 9.85. The summed E-state index contributed by atoms with van der Waals surface area (Å²) in [6.45, 7) is 8.65. The first kappa shape index (κ1) is 20.7. The Bertz CT molecular complexity index is 878. The largest absolute Gasteiger partial charge is 0.486 e. The third-order valence-corrected chi connectivity index (χ3v) is 4.98. The lowest BCUT2D eigenvalue weighted by Crippen LogP contribution is -2.49. The number of amides is 2. The fourth-order valence-electron chi connectivity index (χ4n) is 3.13. The molecule has 29 heavy (non-hydrogen) atoms. The van der Waals surface area contributed by atoms with Crippen molar-refractivity contribution in [2.45, 2.75) is 40.3 Å². The summed E-state index contributed by atoms with van der Waals surface area (Å²) in [4.78, 5) is 28.0. The predicted octanol–water partition coefficient (Wildman–Crippen LogP) is 3.86. The highest BCUT2D eigenvalue weighted by Crippen LogP contribution is 2.33. The second kappa shape index (κ2) is 8.55. The van der Waals surface area contributed by atoms with E-state index in [1.165, 1.54) is 0 Å². The lowest BCUT2D eigenvalue weighted by atomic mass is 9.89. The average Bonchev–Trinajstić information content (AvgIpc) is 2.72. The van der Waals surface area contributed by atoms with Crippen LogP contribution in [-0.2, 0) is 16.1 Å². The van der Waals surface area contributed by atoms with Crippen molar-refractivity contribution < 1.29 is 19.1 Å². The first-order chi connectivity index (χ1) is 13.8. The van der Waals surface area contributed by atoms with E-state index >= 15 is 0 Å². The molecular weight excluding hydrogens is 368 g/mol. The van der Waals surface area contributed by atoms with Crippen LogP contribution < -0.4 is 14.8 Å². The molecule has 3 rings (SSSR count). The van der Waals surface area contributed by atoms with E-state index in [0.717, 1.165) is 5.56 Å². The number of nitrogens with zero attached hydrogens (tertiary/aromatic N) is 1. The molecule has 0 spiro atoms. The number of hydrogen-bond acceptors (Lipinski definition) is 4. The summed E-state index contributed by atoms with van der Waals surface area (Å²) < 4.78 is 11.1. The monoisotopic (exact) mass is 396 g/mol. The number of nitrogens with one attached hydrogen (secondary N) is 1. The molecule has 0 unspecified atom stereocenters. The molecule has 0 atom stereocenters. The quantitative estimate of drug-likeness (QED) is 0.753. The maximum absolute atomic E-state index is 13.3. The van der Waals surface area contributed by atoms with Gasteiger partial charge in [0.15, 0.2) is 11.5 Å². The van der Waals surface area contributed by atoms with Gasteiger partial charge in [0.2, 0.25) is 11.8 Å². The van der Waals surface area contributed by atoms with E-state index in [4.69, 9.17) is 9.47 Å².